The van der Waals surface area contributed by atoms with Crippen molar-refractivity contribution in [3.63, 3.8) is 0 Å². The van der Waals surface area contributed by atoms with E-state index >= 15 is 0 Å². The normalized spacial score (nSPS) is 10.8. The summed E-state index contributed by atoms with van der Waals surface area (Å²) in [5, 5.41) is 0.982. The summed E-state index contributed by atoms with van der Waals surface area (Å²) in [7, 11) is 3.83. The fourth-order valence-corrected chi connectivity index (χ4v) is 2.84. The minimum Gasteiger partial charge on any atom is -0.423 e. The van der Waals surface area contributed by atoms with Crippen LogP contribution in [0.2, 0.25) is 0 Å². The fraction of sp³-hybridized carbons (Fsp3) is 0.333. The molecule has 20 heavy (non-hydrogen) atoms. The summed E-state index contributed by atoms with van der Waals surface area (Å²) >= 11 is 6.81. The van der Waals surface area contributed by atoms with E-state index in [9.17, 15) is 4.79 Å². The molecule has 0 saturated carbocycles. The van der Waals surface area contributed by atoms with Crippen LogP contribution in [0.4, 0.5) is 0 Å². The average Bonchev–Trinajstić information content (AvgIpc) is 2.43. The third kappa shape index (κ3) is 3.41. The summed E-state index contributed by atoms with van der Waals surface area (Å²) in [5.74, 6) is 0.671. The van der Waals surface area contributed by atoms with E-state index < -0.39 is 0 Å². The van der Waals surface area contributed by atoms with Crippen molar-refractivity contribution in [2.75, 3.05) is 14.1 Å². The van der Waals surface area contributed by atoms with E-state index in [1.165, 1.54) is 0 Å². The van der Waals surface area contributed by atoms with Crippen molar-refractivity contribution in [2.24, 2.45) is 0 Å². The summed E-state index contributed by atoms with van der Waals surface area (Å²) < 4.78 is 6.09. The number of aryl methyl sites for hydroxylation is 1. The van der Waals surface area contributed by atoms with Crippen LogP contribution in [-0.4, -0.2) is 23.3 Å². The molecule has 106 valence electrons. The summed E-state index contributed by atoms with van der Waals surface area (Å²) in [4.78, 5) is 13.6. The van der Waals surface area contributed by atoms with Gasteiger partial charge in [0.15, 0.2) is 0 Å². The van der Waals surface area contributed by atoms with Crippen LogP contribution in [-0.2, 0) is 12.2 Å². The Bertz CT molecular complexity index is 692. The topological polar surface area (TPSA) is 33.5 Å². The second-order valence-corrected chi connectivity index (χ2v) is 6.33. The molecule has 0 aliphatic carbocycles. The van der Waals surface area contributed by atoms with Crippen LogP contribution in [0.3, 0.4) is 0 Å². The molecular formula is C15H17NO2S2. The lowest BCUT2D eigenvalue weighted by atomic mass is 10.1. The average molecular weight is 307 g/mol. The lowest BCUT2D eigenvalue weighted by molar-refractivity contribution is 0.559. The molecule has 1 heterocycles. The van der Waals surface area contributed by atoms with Crippen molar-refractivity contribution in [3.05, 3.63) is 45.8 Å². The highest BCUT2D eigenvalue weighted by Gasteiger charge is 2.08. The van der Waals surface area contributed by atoms with Crippen LogP contribution in [0.15, 0.2) is 33.5 Å². The van der Waals surface area contributed by atoms with Gasteiger partial charge in [0.05, 0.1) is 0 Å². The molecule has 1 aromatic carbocycles. The Kier molecular flexibility index (Phi) is 4.83. The molecule has 0 saturated heterocycles. The second kappa shape index (κ2) is 6.41. The first-order valence-electron chi connectivity index (χ1n) is 6.41. The van der Waals surface area contributed by atoms with Gasteiger partial charge in [-0.05, 0) is 23.6 Å². The Balaban J connectivity index is 2.37. The summed E-state index contributed by atoms with van der Waals surface area (Å²) in [6.45, 7) is 2.08. The number of hydrogen-bond acceptors (Lipinski definition) is 4. The number of rotatable bonds is 3. The highest BCUT2D eigenvalue weighted by Crippen LogP contribution is 2.23. The maximum atomic E-state index is 11.7. The Morgan fingerprint density at radius 3 is 2.75 bits per heavy atom. The van der Waals surface area contributed by atoms with E-state index in [4.69, 9.17) is 16.6 Å². The summed E-state index contributed by atoms with van der Waals surface area (Å²) in [5.41, 5.74) is 2.47. The molecule has 2 aromatic rings. The van der Waals surface area contributed by atoms with Gasteiger partial charge < -0.3 is 9.32 Å². The Morgan fingerprint density at radius 1 is 1.35 bits per heavy atom. The number of thioether (sulfide) groups is 1. The van der Waals surface area contributed by atoms with Gasteiger partial charge in [0.1, 0.15) is 9.90 Å². The molecule has 3 nitrogen and oxygen atoms in total. The third-order valence-corrected chi connectivity index (χ3v) is 4.81. The number of fused-ring (bicyclic) bond motifs is 1. The summed E-state index contributed by atoms with van der Waals surface area (Å²) in [6, 6.07) is 7.58. The van der Waals surface area contributed by atoms with E-state index in [0.29, 0.717) is 11.3 Å². The lowest BCUT2D eigenvalue weighted by Gasteiger charge is -2.13. The van der Waals surface area contributed by atoms with Crippen molar-refractivity contribution < 1.29 is 4.42 Å². The lowest BCUT2D eigenvalue weighted by Crippen LogP contribution is -2.16. The quantitative estimate of drug-likeness (QED) is 0.641. The van der Waals surface area contributed by atoms with Crippen LogP contribution in [0, 0.1) is 0 Å². The number of hydrogen-bond donors (Lipinski definition) is 0. The van der Waals surface area contributed by atoms with Crippen molar-refractivity contribution in [2.45, 2.75) is 19.1 Å². The first-order chi connectivity index (χ1) is 9.51. The zero-order chi connectivity index (χ0) is 14.7. The maximum Gasteiger partial charge on any atom is 0.336 e. The summed E-state index contributed by atoms with van der Waals surface area (Å²) in [6.07, 6.45) is 0.920. The van der Waals surface area contributed by atoms with Gasteiger partial charge in [0, 0.05) is 31.3 Å². The van der Waals surface area contributed by atoms with Gasteiger partial charge in [0.2, 0.25) is 0 Å². The molecule has 0 amide bonds. The molecule has 0 spiro atoms. The molecule has 0 aliphatic heterocycles. The minimum absolute atomic E-state index is 0.308. The van der Waals surface area contributed by atoms with Gasteiger partial charge in [-0.25, -0.2) is 4.79 Å². The van der Waals surface area contributed by atoms with Gasteiger partial charge >= 0.3 is 5.63 Å². The van der Waals surface area contributed by atoms with Gasteiger partial charge in [-0.3, -0.25) is 0 Å². The van der Waals surface area contributed by atoms with Crippen LogP contribution < -0.4 is 5.63 Å². The standard InChI is InChI=1S/C15H17NO2S2/c1-4-10-5-6-12-11(9-20-15(19)16(2)3)8-14(17)18-13(12)7-10/h5-8H,4,9H2,1-3H3. The molecule has 0 atom stereocenters. The fourth-order valence-electron chi connectivity index (χ4n) is 1.88. The maximum absolute atomic E-state index is 11.7. The smallest absolute Gasteiger partial charge is 0.336 e. The zero-order valence-corrected chi connectivity index (χ0v) is 13.4. The van der Waals surface area contributed by atoms with Gasteiger partial charge in [0.25, 0.3) is 0 Å². The number of thiocarbonyl (C=S) groups is 1. The van der Waals surface area contributed by atoms with E-state index in [1.807, 2.05) is 31.1 Å². The predicted molar refractivity (Wildman–Crippen MR) is 89.4 cm³/mol. The monoisotopic (exact) mass is 307 g/mol. The molecular weight excluding hydrogens is 290 g/mol. The molecule has 0 unspecified atom stereocenters. The van der Waals surface area contributed by atoms with Crippen LogP contribution in [0.1, 0.15) is 18.1 Å². The highest BCUT2D eigenvalue weighted by atomic mass is 32.2. The van der Waals surface area contributed by atoms with Crippen molar-refractivity contribution in [1.82, 2.24) is 4.90 Å². The first kappa shape index (κ1) is 15.1. The van der Waals surface area contributed by atoms with E-state index in [1.54, 1.807) is 17.8 Å². The van der Waals surface area contributed by atoms with E-state index in [-0.39, 0.29) is 5.63 Å². The van der Waals surface area contributed by atoms with Crippen LogP contribution in [0.25, 0.3) is 11.0 Å². The third-order valence-electron chi connectivity index (χ3n) is 3.02. The Labute approximate surface area is 128 Å². The largest absolute Gasteiger partial charge is 0.423 e. The Hall–Kier alpha value is -1.33. The number of nitrogens with zero attached hydrogens (tertiary/aromatic N) is 1. The van der Waals surface area contributed by atoms with E-state index in [0.717, 1.165) is 27.3 Å². The molecule has 0 N–H and O–H groups in total. The highest BCUT2D eigenvalue weighted by molar-refractivity contribution is 8.22. The SMILES string of the molecule is CCc1ccc2c(CSC(=S)N(C)C)cc(=O)oc2c1. The molecule has 2 rings (SSSR count). The van der Waals surface area contributed by atoms with E-state index in [2.05, 4.69) is 13.0 Å². The molecule has 0 aliphatic rings. The Morgan fingerprint density at radius 2 is 2.10 bits per heavy atom. The zero-order valence-electron chi connectivity index (χ0n) is 11.8. The second-order valence-electron chi connectivity index (χ2n) is 4.72. The molecule has 1 aromatic heterocycles. The van der Waals surface area contributed by atoms with Gasteiger partial charge in [-0.1, -0.05) is 43.0 Å². The van der Waals surface area contributed by atoms with Crippen molar-refractivity contribution >= 4 is 39.3 Å². The van der Waals surface area contributed by atoms with Crippen LogP contribution >= 0.6 is 24.0 Å². The van der Waals surface area contributed by atoms with Crippen LogP contribution in [0.5, 0.6) is 0 Å². The molecule has 5 heteroatoms. The molecule has 0 radical (unpaired) electrons. The first-order valence-corrected chi connectivity index (χ1v) is 7.80. The number of benzene rings is 1. The molecule has 0 fully saturated rings. The van der Waals surface area contributed by atoms with Gasteiger partial charge in [-0.2, -0.15) is 0 Å². The van der Waals surface area contributed by atoms with Crippen molar-refractivity contribution in [3.8, 4) is 0 Å². The minimum atomic E-state index is -0.308. The predicted octanol–water partition coefficient (Wildman–Crippen LogP) is 3.44. The van der Waals surface area contributed by atoms with Gasteiger partial charge in [-0.15, -0.1) is 0 Å². The van der Waals surface area contributed by atoms with Crippen molar-refractivity contribution in [1.29, 1.82) is 0 Å². The molecule has 0 bridgehead atoms.